The summed E-state index contributed by atoms with van der Waals surface area (Å²) in [6.07, 6.45) is 2.61. The minimum absolute atomic E-state index is 0.0223. The van der Waals surface area contributed by atoms with E-state index in [0.29, 0.717) is 48.0 Å². The van der Waals surface area contributed by atoms with Crippen LogP contribution in [-0.2, 0) is 16.9 Å². The van der Waals surface area contributed by atoms with Crippen molar-refractivity contribution in [2.45, 2.75) is 25.0 Å². The zero-order valence-electron chi connectivity index (χ0n) is 19.1. The fourth-order valence-electron chi connectivity index (χ4n) is 5.47. The third-order valence-corrected chi connectivity index (χ3v) is 7.08. The van der Waals surface area contributed by atoms with E-state index in [2.05, 4.69) is 5.32 Å². The van der Waals surface area contributed by atoms with Crippen LogP contribution in [0.25, 0.3) is 10.9 Å². The second-order valence-corrected chi connectivity index (χ2v) is 9.27. The number of para-hydroxylation sites is 1. The van der Waals surface area contributed by atoms with E-state index in [1.807, 2.05) is 0 Å². The maximum Gasteiger partial charge on any atom is 0.340 e. The number of nitrogens with zero attached hydrogens (tertiary/aromatic N) is 1. The second-order valence-electron chi connectivity index (χ2n) is 9.27. The molecule has 0 saturated carbocycles. The van der Waals surface area contributed by atoms with Crippen LogP contribution in [0.3, 0.4) is 0 Å². The van der Waals surface area contributed by atoms with Gasteiger partial charge >= 0.3 is 5.97 Å². The molecule has 8 heteroatoms. The number of carbonyl (C=O) groups is 2. The molecule has 182 valence electrons. The number of hydrogen-bond donors (Lipinski definition) is 1. The molecule has 0 atom stereocenters. The van der Waals surface area contributed by atoms with E-state index in [1.54, 1.807) is 34.9 Å². The smallest absolute Gasteiger partial charge is 0.340 e. The molecular weight excluding hydrogens is 469 g/mol. The Bertz CT molecular complexity index is 1530. The van der Waals surface area contributed by atoms with Gasteiger partial charge in [0.25, 0.3) is 0 Å². The van der Waals surface area contributed by atoms with Crippen LogP contribution < -0.4 is 5.32 Å². The highest BCUT2D eigenvalue weighted by atomic mass is 19.1. The number of hydrogen-bond acceptors (Lipinski definition) is 4. The number of fused-ring (bicyclic) bond motifs is 3. The van der Waals surface area contributed by atoms with Crippen molar-refractivity contribution >= 4 is 22.7 Å². The van der Waals surface area contributed by atoms with Gasteiger partial charge in [-0.05, 0) is 42.9 Å². The Morgan fingerprint density at radius 3 is 2.47 bits per heavy atom. The van der Waals surface area contributed by atoms with Gasteiger partial charge in [0.15, 0.2) is 5.78 Å². The van der Waals surface area contributed by atoms with Crippen LogP contribution in [0.5, 0.6) is 0 Å². The summed E-state index contributed by atoms with van der Waals surface area (Å²) in [5.74, 6) is -3.55. The van der Waals surface area contributed by atoms with Gasteiger partial charge in [0.1, 0.15) is 23.1 Å². The molecule has 6 rings (SSSR count). The summed E-state index contributed by atoms with van der Waals surface area (Å²) < 4.78 is 50.2. The van der Waals surface area contributed by atoms with Crippen molar-refractivity contribution in [1.82, 2.24) is 9.88 Å². The molecule has 5 nitrogen and oxygen atoms in total. The minimum atomic E-state index is -0.865. The molecule has 0 bridgehead atoms. The predicted molar refractivity (Wildman–Crippen MR) is 126 cm³/mol. The van der Waals surface area contributed by atoms with Gasteiger partial charge in [0.2, 0.25) is 0 Å². The molecule has 2 aliphatic rings. The van der Waals surface area contributed by atoms with Gasteiger partial charge in [-0.2, -0.15) is 0 Å². The molecule has 1 saturated heterocycles. The van der Waals surface area contributed by atoms with Crippen LogP contribution in [0.1, 0.15) is 50.2 Å². The number of carbonyl (C=O) groups excluding carboxylic acids is 2. The van der Waals surface area contributed by atoms with E-state index < -0.39 is 34.8 Å². The molecule has 36 heavy (non-hydrogen) atoms. The largest absolute Gasteiger partial charge is 0.450 e. The number of nitrogens with one attached hydrogen (secondary N) is 1. The van der Waals surface area contributed by atoms with E-state index in [-0.39, 0.29) is 23.2 Å². The zero-order valence-corrected chi connectivity index (χ0v) is 19.1. The van der Waals surface area contributed by atoms with Crippen LogP contribution in [0.4, 0.5) is 13.2 Å². The highest BCUT2D eigenvalue weighted by molar-refractivity contribution is 6.20. The summed E-state index contributed by atoms with van der Waals surface area (Å²) in [5.41, 5.74) is 0.534. The molecule has 1 spiro atoms. The number of esters is 1. The number of benzene rings is 3. The van der Waals surface area contributed by atoms with Crippen LogP contribution in [-0.4, -0.2) is 29.4 Å². The standard InChI is InChI=1S/C28H21F3N2O3/c29-17-11-16(12-18(30)13-17)14-33-15-20(19-3-1-2-4-23(19)33)26(34)25-22(31)6-5-21-24(25)27(35)36-28(21)7-9-32-10-8-28/h1-6,11-13,15,32H,7-10,14H2. The summed E-state index contributed by atoms with van der Waals surface area (Å²) in [7, 11) is 0. The first kappa shape index (κ1) is 22.5. The summed E-state index contributed by atoms with van der Waals surface area (Å²) in [4.78, 5) is 26.8. The van der Waals surface area contributed by atoms with Crippen molar-refractivity contribution in [2.24, 2.45) is 0 Å². The topological polar surface area (TPSA) is 60.3 Å². The fraction of sp³-hybridized carbons (Fsp3) is 0.214. The van der Waals surface area contributed by atoms with Crippen molar-refractivity contribution in [1.29, 1.82) is 0 Å². The fourth-order valence-corrected chi connectivity index (χ4v) is 5.47. The molecule has 1 fully saturated rings. The molecule has 0 unspecified atom stereocenters. The average molecular weight is 490 g/mol. The van der Waals surface area contributed by atoms with Gasteiger partial charge in [-0.25, -0.2) is 18.0 Å². The number of rotatable bonds is 4. The number of halogens is 3. The maximum absolute atomic E-state index is 15.2. The summed E-state index contributed by atoms with van der Waals surface area (Å²) in [6.45, 7) is 1.37. The highest BCUT2D eigenvalue weighted by Crippen LogP contribution is 2.45. The Morgan fingerprint density at radius 2 is 1.72 bits per heavy atom. The molecular formula is C28H21F3N2O3. The Balaban J connectivity index is 1.48. The molecule has 0 radical (unpaired) electrons. The first-order chi connectivity index (χ1) is 17.4. The van der Waals surface area contributed by atoms with Crippen molar-refractivity contribution in [3.05, 3.63) is 106 Å². The van der Waals surface area contributed by atoms with Gasteiger partial charge in [-0.1, -0.05) is 24.3 Å². The first-order valence-electron chi connectivity index (χ1n) is 11.7. The van der Waals surface area contributed by atoms with E-state index in [0.717, 1.165) is 6.07 Å². The third kappa shape index (κ3) is 3.52. The van der Waals surface area contributed by atoms with E-state index in [4.69, 9.17) is 4.74 Å². The number of piperidine rings is 1. The quantitative estimate of drug-likeness (QED) is 0.320. The Morgan fingerprint density at radius 1 is 1.00 bits per heavy atom. The molecule has 4 aromatic rings. The predicted octanol–water partition coefficient (Wildman–Crippen LogP) is 5.09. The van der Waals surface area contributed by atoms with Gasteiger partial charge in [-0.3, -0.25) is 4.79 Å². The first-order valence-corrected chi connectivity index (χ1v) is 11.7. The van der Waals surface area contributed by atoms with Gasteiger partial charge in [-0.15, -0.1) is 0 Å². The number of ether oxygens (including phenoxy) is 1. The van der Waals surface area contributed by atoms with Crippen molar-refractivity contribution in [3.63, 3.8) is 0 Å². The third-order valence-electron chi connectivity index (χ3n) is 7.08. The van der Waals surface area contributed by atoms with Gasteiger partial charge in [0.05, 0.1) is 11.1 Å². The second kappa shape index (κ2) is 8.34. The lowest BCUT2D eigenvalue weighted by Crippen LogP contribution is -2.40. The van der Waals surface area contributed by atoms with Crippen molar-refractivity contribution in [2.75, 3.05) is 13.1 Å². The van der Waals surface area contributed by atoms with Crippen LogP contribution >= 0.6 is 0 Å². The summed E-state index contributed by atoms with van der Waals surface area (Å²) >= 11 is 0. The molecule has 0 aliphatic carbocycles. The van der Waals surface area contributed by atoms with E-state index in [1.165, 1.54) is 24.4 Å². The molecule has 1 aromatic heterocycles. The molecule has 3 aromatic carbocycles. The van der Waals surface area contributed by atoms with Crippen LogP contribution in [0.15, 0.2) is 60.8 Å². The highest BCUT2D eigenvalue weighted by Gasteiger charge is 2.48. The molecule has 3 heterocycles. The Labute approximate surface area is 204 Å². The number of aromatic nitrogens is 1. The zero-order chi connectivity index (χ0) is 25.0. The van der Waals surface area contributed by atoms with E-state index in [9.17, 15) is 18.4 Å². The summed E-state index contributed by atoms with van der Waals surface area (Å²) in [6, 6.07) is 13.0. The lowest BCUT2D eigenvalue weighted by molar-refractivity contribution is -0.0242. The SMILES string of the molecule is O=C1OC2(CCNCC2)c2ccc(F)c(C(=O)c3cn(Cc4cc(F)cc(F)c4)c4ccccc34)c21. The molecule has 1 N–H and O–H groups in total. The number of ketones is 1. The van der Waals surface area contributed by atoms with Crippen molar-refractivity contribution in [3.8, 4) is 0 Å². The maximum atomic E-state index is 15.2. The Kier molecular flexibility index (Phi) is 5.22. The summed E-state index contributed by atoms with van der Waals surface area (Å²) in [5, 5.41) is 3.76. The monoisotopic (exact) mass is 490 g/mol. The minimum Gasteiger partial charge on any atom is -0.450 e. The molecule has 0 amide bonds. The molecule has 2 aliphatic heterocycles. The normalized spacial score (nSPS) is 16.4. The van der Waals surface area contributed by atoms with Crippen molar-refractivity contribution < 1.29 is 27.5 Å². The average Bonchev–Trinajstić information content (AvgIpc) is 3.34. The van der Waals surface area contributed by atoms with E-state index >= 15 is 4.39 Å². The lowest BCUT2D eigenvalue weighted by atomic mass is 9.82. The van der Waals surface area contributed by atoms with Gasteiger partial charge < -0.3 is 14.6 Å². The van der Waals surface area contributed by atoms with Gasteiger partial charge in [0, 0.05) is 53.7 Å². The Hall–Kier alpha value is -3.91. The lowest BCUT2D eigenvalue weighted by Gasteiger charge is -2.33. The van der Waals surface area contributed by atoms with Crippen LogP contribution in [0.2, 0.25) is 0 Å². The van der Waals surface area contributed by atoms with Crippen LogP contribution in [0, 0.1) is 17.5 Å².